The van der Waals surface area contributed by atoms with Crippen molar-refractivity contribution in [2.24, 2.45) is 17.1 Å². The van der Waals surface area contributed by atoms with Crippen molar-refractivity contribution in [1.82, 2.24) is 4.90 Å². The molecule has 0 saturated carbocycles. The Kier molecular flexibility index (Phi) is 5.53. The van der Waals surface area contributed by atoms with Crippen LogP contribution in [0.25, 0.3) is 0 Å². The van der Waals surface area contributed by atoms with Crippen LogP contribution in [-0.4, -0.2) is 40.9 Å². The van der Waals surface area contributed by atoms with Crippen LogP contribution >= 0.6 is 11.8 Å². The zero-order valence-corrected chi connectivity index (χ0v) is 13.2. The quantitative estimate of drug-likeness (QED) is 0.858. The normalized spacial score (nSPS) is 27.1. The number of hydrogen-bond acceptors (Lipinski definition) is 3. The molecule has 1 rings (SSSR count). The van der Waals surface area contributed by atoms with Crippen molar-refractivity contribution in [1.29, 1.82) is 0 Å². The Balaban J connectivity index is 2.71. The maximum Gasteiger partial charge on any atom is 0.227 e. The number of rotatable bonds is 3. The van der Waals surface area contributed by atoms with Crippen LogP contribution in [0.15, 0.2) is 0 Å². The molecule has 1 aliphatic heterocycles. The van der Waals surface area contributed by atoms with E-state index in [1.165, 1.54) is 0 Å². The van der Waals surface area contributed by atoms with Crippen molar-refractivity contribution in [2.45, 2.75) is 52.3 Å². The van der Waals surface area contributed by atoms with E-state index in [2.05, 4.69) is 34.6 Å². The Morgan fingerprint density at radius 1 is 1.44 bits per heavy atom. The summed E-state index contributed by atoms with van der Waals surface area (Å²) in [5.41, 5.74) is 5.97. The molecule has 3 unspecified atom stereocenters. The van der Waals surface area contributed by atoms with E-state index in [1.807, 2.05) is 16.7 Å². The van der Waals surface area contributed by atoms with Crippen LogP contribution in [-0.2, 0) is 4.79 Å². The highest BCUT2D eigenvalue weighted by molar-refractivity contribution is 8.00. The van der Waals surface area contributed by atoms with Gasteiger partial charge in [-0.3, -0.25) is 4.79 Å². The lowest BCUT2D eigenvalue weighted by Crippen LogP contribution is -2.51. The van der Waals surface area contributed by atoms with Gasteiger partial charge in [0.1, 0.15) is 0 Å². The maximum atomic E-state index is 12.6. The molecule has 1 heterocycles. The van der Waals surface area contributed by atoms with Crippen LogP contribution in [0.3, 0.4) is 0 Å². The van der Waals surface area contributed by atoms with E-state index in [0.717, 1.165) is 18.7 Å². The lowest BCUT2D eigenvalue weighted by Gasteiger charge is -2.40. The van der Waals surface area contributed by atoms with Gasteiger partial charge in [-0.1, -0.05) is 27.7 Å². The molecule has 1 amide bonds. The van der Waals surface area contributed by atoms with Crippen LogP contribution in [0.1, 0.15) is 41.0 Å². The molecule has 0 spiro atoms. The Hall–Kier alpha value is -0.220. The zero-order chi connectivity index (χ0) is 13.9. The van der Waals surface area contributed by atoms with Crippen molar-refractivity contribution in [2.75, 3.05) is 18.8 Å². The number of carbonyl (C=O) groups is 1. The third-order valence-corrected chi connectivity index (χ3v) is 5.00. The Labute approximate surface area is 116 Å². The van der Waals surface area contributed by atoms with Crippen LogP contribution in [0.5, 0.6) is 0 Å². The number of amides is 1. The predicted molar refractivity (Wildman–Crippen MR) is 79.7 cm³/mol. The van der Waals surface area contributed by atoms with Crippen molar-refractivity contribution < 1.29 is 4.79 Å². The molecule has 18 heavy (non-hydrogen) atoms. The molecule has 0 aromatic rings. The van der Waals surface area contributed by atoms with Gasteiger partial charge in [0.25, 0.3) is 0 Å². The van der Waals surface area contributed by atoms with E-state index in [1.54, 1.807) is 0 Å². The van der Waals surface area contributed by atoms with Crippen LogP contribution in [0, 0.1) is 11.3 Å². The van der Waals surface area contributed by atoms with Gasteiger partial charge < -0.3 is 10.6 Å². The number of carbonyl (C=O) groups excluding carboxylic acids is 1. The molecule has 0 radical (unpaired) electrons. The number of nitrogens with zero attached hydrogens (tertiary/aromatic N) is 1. The smallest absolute Gasteiger partial charge is 0.227 e. The summed E-state index contributed by atoms with van der Waals surface area (Å²) in [5.74, 6) is 1.28. The summed E-state index contributed by atoms with van der Waals surface area (Å²) >= 11 is 1.95. The molecule has 3 atom stereocenters. The fourth-order valence-corrected chi connectivity index (χ4v) is 3.59. The predicted octanol–water partition coefficient (Wildman–Crippen LogP) is 2.35. The third kappa shape index (κ3) is 4.16. The number of thioether (sulfide) groups is 1. The molecule has 0 aromatic carbocycles. The highest BCUT2D eigenvalue weighted by Crippen LogP contribution is 2.29. The SMILES string of the molecule is CC1SCCN(C(=O)C(CN)CC(C)(C)C)C1C. The molecule has 0 aliphatic carbocycles. The second kappa shape index (κ2) is 6.29. The molecule has 1 fully saturated rings. The second-order valence-corrected chi connectivity index (χ2v) is 8.03. The first-order chi connectivity index (χ1) is 8.26. The second-order valence-electron chi connectivity index (χ2n) is 6.55. The first kappa shape index (κ1) is 15.8. The van der Waals surface area contributed by atoms with Crippen molar-refractivity contribution in [3.05, 3.63) is 0 Å². The van der Waals surface area contributed by atoms with Crippen LogP contribution in [0.2, 0.25) is 0 Å². The van der Waals surface area contributed by atoms with E-state index in [9.17, 15) is 4.79 Å². The molecular weight excluding hydrogens is 244 g/mol. The van der Waals surface area contributed by atoms with Gasteiger partial charge in [-0.05, 0) is 18.8 Å². The van der Waals surface area contributed by atoms with Gasteiger partial charge >= 0.3 is 0 Å². The summed E-state index contributed by atoms with van der Waals surface area (Å²) in [5, 5.41) is 0.524. The van der Waals surface area contributed by atoms with E-state index in [4.69, 9.17) is 5.73 Å². The van der Waals surface area contributed by atoms with E-state index in [-0.39, 0.29) is 17.2 Å². The van der Waals surface area contributed by atoms with Gasteiger partial charge in [-0.15, -0.1) is 0 Å². The summed E-state index contributed by atoms with van der Waals surface area (Å²) in [6.07, 6.45) is 0.868. The van der Waals surface area contributed by atoms with E-state index >= 15 is 0 Å². The van der Waals surface area contributed by atoms with Crippen molar-refractivity contribution >= 4 is 17.7 Å². The van der Waals surface area contributed by atoms with E-state index < -0.39 is 0 Å². The van der Waals surface area contributed by atoms with Crippen molar-refractivity contribution in [3.8, 4) is 0 Å². The molecule has 1 aliphatic rings. The Morgan fingerprint density at radius 2 is 2.06 bits per heavy atom. The van der Waals surface area contributed by atoms with E-state index in [0.29, 0.717) is 17.8 Å². The molecule has 106 valence electrons. The minimum absolute atomic E-state index is 0.0252. The van der Waals surface area contributed by atoms with Crippen LogP contribution < -0.4 is 5.73 Å². The van der Waals surface area contributed by atoms with Gasteiger partial charge in [0.05, 0.1) is 5.92 Å². The highest BCUT2D eigenvalue weighted by atomic mass is 32.2. The molecule has 1 saturated heterocycles. The average molecular weight is 272 g/mol. The lowest BCUT2D eigenvalue weighted by molar-refractivity contribution is -0.138. The first-order valence-corrected chi connectivity index (χ1v) is 7.93. The molecular formula is C14H28N2OS. The third-order valence-electron chi connectivity index (χ3n) is 3.66. The molecule has 3 nitrogen and oxygen atoms in total. The standard InChI is InChI=1S/C14H28N2OS/c1-10-11(2)18-7-6-16(10)13(17)12(9-15)8-14(3,4)5/h10-12H,6-9,15H2,1-5H3. The van der Waals surface area contributed by atoms with Crippen LogP contribution in [0.4, 0.5) is 0 Å². The minimum atomic E-state index is -0.0252. The molecule has 4 heteroatoms. The topological polar surface area (TPSA) is 46.3 Å². The average Bonchev–Trinajstić information content (AvgIpc) is 2.27. The lowest BCUT2D eigenvalue weighted by atomic mass is 9.84. The zero-order valence-electron chi connectivity index (χ0n) is 12.4. The summed E-state index contributed by atoms with van der Waals surface area (Å²) in [4.78, 5) is 14.6. The first-order valence-electron chi connectivity index (χ1n) is 6.88. The molecule has 0 bridgehead atoms. The largest absolute Gasteiger partial charge is 0.338 e. The van der Waals surface area contributed by atoms with Gasteiger partial charge in [-0.2, -0.15) is 11.8 Å². The Morgan fingerprint density at radius 3 is 2.56 bits per heavy atom. The maximum absolute atomic E-state index is 12.6. The van der Waals surface area contributed by atoms with Crippen molar-refractivity contribution in [3.63, 3.8) is 0 Å². The van der Waals surface area contributed by atoms with Gasteiger partial charge in [0.2, 0.25) is 5.91 Å². The molecule has 0 aromatic heterocycles. The van der Waals surface area contributed by atoms with Gasteiger partial charge in [-0.25, -0.2) is 0 Å². The minimum Gasteiger partial charge on any atom is -0.338 e. The van der Waals surface area contributed by atoms with Gasteiger partial charge in [0, 0.05) is 30.1 Å². The highest BCUT2D eigenvalue weighted by Gasteiger charge is 2.33. The van der Waals surface area contributed by atoms with Gasteiger partial charge in [0.15, 0.2) is 0 Å². The molecule has 2 N–H and O–H groups in total. The summed E-state index contributed by atoms with van der Waals surface area (Å²) < 4.78 is 0. The summed E-state index contributed by atoms with van der Waals surface area (Å²) in [6, 6.07) is 0.324. The number of hydrogen-bond donors (Lipinski definition) is 1. The fourth-order valence-electron chi connectivity index (χ4n) is 2.49. The monoisotopic (exact) mass is 272 g/mol. The Bertz CT molecular complexity index is 288. The summed E-state index contributed by atoms with van der Waals surface area (Å²) in [7, 11) is 0. The fraction of sp³-hybridized carbons (Fsp3) is 0.929. The summed E-state index contributed by atoms with van der Waals surface area (Å²) in [6.45, 7) is 12.2. The number of nitrogens with two attached hydrogens (primary N) is 1.